The van der Waals surface area contributed by atoms with E-state index >= 15 is 0 Å². The van der Waals surface area contributed by atoms with Crippen LogP contribution in [0.1, 0.15) is 28.2 Å². The second kappa shape index (κ2) is 4.75. The van der Waals surface area contributed by atoms with Crippen molar-refractivity contribution >= 4 is 12.0 Å². The number of aromatic carboxylic acids is 1. The monoisotopic (exact) mass is 210 g/mol. The van der Waals surface area contributed by atoms with Gasteiger partial charge in [-0.1, -0.05) is 12.2 Å². The molecule has 0 radical (unpaired) electrons. The van der Waals surface area contributed by atoms with Crippen molar-refractivity contribution < 1.29 is 15.0 Å². The van der Waals surface area contributed by atoms with Gasteiger partial charge in [0.15, 0.2) is 5.69 Å². The zero-order valence-electron chi connectivity index (χ0n) is 8.77. The molecule has 82 valence electrons. The lowest BCUT2D eigenvalue weighted by Gasteiger charge is -1.96. The molecular formula is C10H14N2O3. The van der Waals surface area contributed by atoms with E-state index in [1.807, 2.05) is 0 Å². The number of hydrogen-bond acceptors (Lipinski definition) is 3. The van der Waals surface area contributed by atoms with Gasteiger partial charge in [-0.25, -0.2) is 4.79 Å². The summed E-state index contributed by atoms with van der Waals surface area (Å²) in [5.41, 5.74) is 1.43. The van der Waals surface area contributed by atoms with Crippen LogP contribution in [0.3, 0.4) is 0 Å². The largest absolute Gasteiger partial charge is 0.477 e. The normalized spacial score (nSPS) is 11.1. The van der Waals surface area contributed by atoms with Gasteiger partial charge >= 0.3 is 5.97 Å². The fraction of sp³-hybridized carbons (Fsp3) is 0.400. The highest BCUT2D eigenvalue weighted by Crippen LogP contribution is 2.15. The number of aryl methyl sites for hydroxylation is 2. The second-order valence-electron chi connectivity index (χ2n) is 3.19. The predicted molar refractivity (Wildman–Crippen MR) is 55.6 cm³/mol. The van der Waals surface area contributed by atoms with Gasteiger partial charge in [0, 0.05) is 19.2 Å². The van der Waals surface area contributed by atoms with Gasteiger partial charge in [0.25, 0.3) is 0 Å². The first-order valence-corrected chi connectivity index (χ1v) is 4.62. The molecule has 1 aromatic rings. The Kier molecular flexibility index (Phi) is 3.62. The van der Waals surface area contributed by atoms with E-state index in [1.54, 1.807) is 26.1 Å². The minimum absolute atomic E-state index is 0.0538. The summed E-state index contributed by atoms with van der Waals surface area (Å²) in [6.45, 7) is 1.81. The van der Waals surface area contributed by atoms with Gasteiger partial charge in [-0.05, 0) is 13.3 Å². The van der Waals surface area contributed by atoms with Gasteiger partial charge in [0.2, 0.25) is 0 Å². The van der Waals surface area contributed by atoms with Crippen molar-refractivity contribution in [2.45, 2.75) is 13.3 Å². The summed E-state index contributed by atoms with van der Waals surface area (Å²) < 4.78 is 1.34. The third kappa shape index (κ3) is 2.44. The Morgan fingerprint density at radius 3 is 2.80 bits per heavy atom. The lowest BCUT2D eigenvalue weighted by Crippen LogP contribution is -2.06. The molecule has 0 unspecified atom stereocenters. The molecule has 0 aliphatic carbocycles. The lowest BCUT2D eigenvalue weighted by molar-refractivity contribution is 0.0685. The number of rotatable bonds is 4. The van der Waals surface area contributed by atoms with Crippen LogP contribution in [0.2, 0.25) is 0 Å². The standard InChI is InChI=1S/C10H14N2O3/c1-7-8(5-3-4-6-13)9(10(14)15)12(2)11-7/h3,5,13H,4,6H2,1-2H3,(H,14,15). The van der Waals surface area contributed by atoms with E-state index in [4.69, 9.17) is 10.2 Å². The molecular weight excluding hydrogens is 196 g/mol. The van der Waals surface area contributed by atoms with E-state index in [0.29, 0.717) is 17.7 Å². The molecule has 5 nitrogen and oxygen atoms in total. The van der Waals surface area contributed by atoms with Gasteiger partial charge < -0.3 is 10.2 Å². The maximum Gasteiger partial charge on any atom is 0.354 e. The third-order valence-electron chi connectivity index (χ3n) is 2.05. The molecule has 0 aromatic carbocycles. The van der Waals surface area contributed by atoms with Crippen LogP contribution in [0.25, 0.3) is 6.08 Å². The number of nitrogens with zero attached hydrogens (tertiary/aromatic N) is 2. The van der Waals surface area contributed by atoms with Crippen LogP contribution in [0, 0.1) is 6.92 Å². The fourth-order valence-corrected chi connectivity index (χ4v) is 1.40. The van der Waals surface area contributed by atoms with Crippen molar-refractivity contribution in [3.63, 3.8) is 0 Å². The minimum Gasteiger partial charge on any atom is -0.477 e. The Bertz CT molecular complexity index is 394. The topological polar surface area (TPSA) is 75.4 Å². The zero-order chi connectivity index (χ0) is 11.4. The van der Waals surface area contributed by atoms with Crippen molar-refractivity contribution in [2.24, 2.45) is 7.05 Å². The number of hydrogen-bond donors (Lipinski definition) is 2. The smallest absolute Gasteiger partial charge is 0.354 e. The van der Waals surface area contributed by atoms with Crippen LogP contribution in [0.15, 0.2) is 6.08 Å². The Morgan fingerprint density at radius 1 is 1.60 bits per heavy atom. The number of carbonyl (C=O) groups is 1. The average molecular weight is 210 g/mol. The molecule has 5 heteroatoms. The second-order valence-corrected chi connectivity index (χ2v) is 3.19. The molecule has 0 amide bonds. The van der Waals surface area contributed by atoms with E-state index < -0.39 is 5.97 Å². The van der Waals surface area contributed by atoms with Crippen molar-refractivity contribution in [3.05, 3.63) is 23.0 Å². The summed E-state index contributed by atoms with van der Waals surface area (Å²) in [6.07, 6.45) is 3.92. The minimum atomic E-state index is -0.998. The molecule has 0 fully saturated rings. The highest BCUT2D eigenvalue weighted by molar-refractivity contribution is 5.90. The van der Waals surface area contributed by atoms with Crippen molar-refractivity contribution in [2.75, 3.05) is 6.61 Å². The Hall–Kier alpha value is -1.62. The number of aromatic nitrogens is 2. The summed E-state index contributed by atoms with van der Waals surface area (Å²) in [5.74, 6) is -0.998. The van der Waals surface area contributed by atoms with E-state index in [0.717, 1.165) is 0 Å². The number of aliphatic hydroxyl groups is 1. The quantitative estimate of drug-likeness (QED) is 0.771. The van der Waals surface area contributed by atoms with Crippen LogP contribution >= 0.6 is 0 Å². The third-order valence-corrected chi connectivity index (χ3v) is 2.05. The van der Waals surface area contributed by atoms with Crippen LogP contribution in [-0.4, -0.2) is 32.6 Å². The Balaban J connectivity index is 3.09. The Labute approximate surface area is 87.7 Å². The highest BCUT2D eigenvalue weighted by atomic mass is 16.4. The molecule has 0 atom stereocenters. The molecule has 0 saturated carbocycles. The molecule has 0 saturated heterocycles. The van der Waals surface area contributed by atoms with Crippen LogP contribution < -0.4 is 0 Å². The first-order valence-electron chi connectivity index (χ1n) is 4.62. The first kappa shape index (κ1) is 11.5. The number of aliphatic hydroxyl groups excluding tert-OH is 1. The van der Waals surface area contributed by atoms with E-state index in [2.05, 4.69) is 5.10 Å². The van der Waals surface area contributed by atoms with E-state index in [-0.39, 0.29) is 12.3 Å². The molecule has 0 aliphatic rings. The summed E-state index contributed by atoms with van der Waals surface area (Å²) in [6, 6.07) is 0. The zero-order valence-corrected chi connectivity index (χ0v) is 8.77. The summed E-state index contributed by atoms with van der Waals surface area (Å²) in [5, 5.41) is 21.6. The van der Waals surface area contributed by atoms with Gasteiger partial charge in [0.05, 0.1) is 5.69 Å². The van der Waals surface area contributed by atoms with Crippen molar-refractivity contribution in [3.8, 4) is 0 Å². The first-order chi connectivity index (χ1) is 7.07. The Morgan fingerprint density at radius 2 is 2.27 bits per heavy atom. The van der Waals surface area contributed by atoms with Gasteiger partial charge in [-0.2, -0.15) is 5.10 Å². The predicted octanol–water partition coefficient (Wildman–Crippen LogP) is 0.822. The van der Waals surface area contributed by atoms with Crippen molar-refractivity contribution in [1.82, 2.24) is 9.78 Å². The summed E-state index contributed by atoms with van der Waals surface area (Å²) in [7, 11) is 1.60. The van der Waals surface area contributed by atoms with Crippen LogP contribution in [0.4, 0.5) is 0 Å². The van der Waals surface area contributed by atoms with Crippen molar-refractivity contribution in [1.29, 1.82) is 0 Å². The lowest BCUT2D eigenvalue weighted by atomic mass is 10.1. The highest BCUT2D eigenvalue weighted by Gasteiger charge is 2.16. The average Bonchev–Trinajstić information content (AvgIpc) is 2.42. The molecule has 0 aliphatic heterocycles. The maximum atomic E-state index is 10.9. The molecule has 2 N–H and O–H groups in total. The molecule has 1 aromatic heterocycles. The SMILES string of the molecule is Cc1nn(C)c(C(=O)O)c1C=CCCO. The summed E-state index contributed by atoms with van der Waals surface area (Å²) in [4.78, 5) is 10.9. The molecule has 0 spiro atoms. The van der Waals surface area contributed by atoms with Gasteiger partial charge in [-0.3, -0.25) is 4.68 Å². The number of carboxylic acid groups (broad SMARTS) is 1. The molecule has 15 heavy (non-hydrogen) atoms. The van der Waals surface area contributed by atoms with Gasteiger partial charge in [-0.15, -0.1) is 0 Å². The molecule has 1 rings (SSSR count). The fourth-order valence-electron chi connectivity index (χ4n) is 1.40. The van der Waals surface area contributed by atoms with E-state index in [1.165, 1.54) is 4.68 Å². The molecule has 1 heterocycles. The molecule has 0 bridgehead atoms. The van der Waals surface area contributed by atoms with E-state index in [9.17, 15) is 4.79 Å². The summed E-state index contributed by atoms with van der Waals surface area (Å²) >= 11 is 0. The maximum absolute atomic E-state index is 10.9. The van der Waals surface area contributed by atoms with Crippen LogP contribution in [0.5, 0.6) is 0 Å². The van der Waals surface area contributed by atoms with Crippen LogP contribution in [-0.2, 0) is 7.05 Å². The number of carboxylic acids is 1. The van der Waals surface area contributed by atoms with Gasteiger partial charge in [0.1, 0.15) is 0 Å².